The van der Waals surface area contributed by atoms with Gasteiger partial charge in [-0.25, -0.2) is 4.39 Å². The second-order valence-electron chi connectivity index (χ2n) is 5.42. The highest BCUT2D eigenvalue weighted by atomic mass is 19.4. The van der Waals surface area contributed by atoms with Crippen LogP contribution in [0, 0.1) is 5.82 Å². The Labute approximate surface area is 123 Å². The van der Waals surface area contributed by atoms with Crippen molar-refractivity contribution in [2.45, 2.75) is 24.6 Å². The molecule has 0 aromatic heterocycles. The van der Waals surface area contributed by atoms with Gasteiger partial charge in [0.25, 0.3) is 5.91 Å². The van der Waals surface area contributed by atoms with Crippen LogP contribution in [-0.2, 0) is 11.0 Å². The third-order valence-electron chi connectivity index (χ3n) is 3.91. The number of amides is 1. The number of amidine groups is 1. The smallest absolute Gasteiger partial charge is 0.317 e. The lowest BCUT2D eigenvalue weighted by Crippen LogP contribution is -2.47. The highest BCUT2D eigenvalue weighted by Crippen LogP contribution is 2.32. The van der Waals surface area contributed by atoms with Crippen molar-refractivity contribution in [2.24, 2.45) is 4.99 Å². The van der Waals surface area contributed by atoms with E-state index in [1.165, 1.54) is 0 Å². The summed E-state index contributed by atoms with van der Waals surface area (Å²) in [5.74, 6) is -1.37. The standard InChI is InChI=1S/C14H13F4N3O/c15-10-6-8(5-9(7-10)14(16,17)18)11-20-12(22)13(21-11)1-3-19-4-2-13/h5-7,19H,1-4H2,(H,20,21,22). The first-order chi connectivity index (χ1) is 10.3. The molecule has 1 fully saturated rings. The summed E-state index contributed by atoms with van der Waals surface area (Å²) in [6.45, 7) is 1.20. The molecule has 118 valence electrons. The van der Waals surface area contributed by atoms with Gasteiger partial charge >= 0.3 is 6.18 Å². The van der Waals surface area contributed by atoms with Gasteiger partial charge in [0.15, 0.2) is 0 Å². The molecule has 0 bridgehead atoms. The molecule has 8 heteroatoms. The van der Waals surface area contributed by atoms with Crippen LogP contribution in [0.3, 0.4) is 0 Å². The van der Waals surface area contributed by atoms with Gasteiger partial charge in [0.1, 0.15) is 17.2 Å². The summed E-state index contributed by atoms with van der Waals surface area (Å²) in [6, 6.07) is 2.15. The number of rotatable bonds is 1. The van der Waals surface area contributed by atoms with Gasteiger partial charge in [0.05, 0.1) is 5.56 Å². The van der Waals surface area contributed by atoms with Gasteiger partial charge in [-0.15, -0.1) is 0 Å². The molecule has 2 aliphatic heterocycles. The fourth-order valence-corrected chi connectivity index (χ4v) is 2.72. The molecular formula is C14H13F4N3O. The van der Waals surface area contributed by atoms with Crippen LogP contribution in [0.5, 0.6) is 0 Å². The Hall–Kier alpha value is -1.96. The van der Waals surface area contributed by atoms with Gasteiger partial charge < -0.3 is 10.6 Å². The number of piperidine rings is 1. The number of nitrogens with one attached hydrogen (secondary N) is 2. The summed E-state index contributed by atoms with van der Waals surface area (Å²) >= 11 is 0. The highest BCUT2D eigenvalue weighted by Gasteiger charge is 2.44. The zero-order chi connectivity index (χ0) is 16.0. The van der Waals surface area contributed by atoms with Crippen molar-refractivity contribution in [1.82, 2.24) is 10.6 Å². The van der Waals surface area contributed by atoms with Crippen molar-refractivity contribution in [3.8, 4) is 0 Å². The summed E-state index contributed by atoms with van der Waals surface area (Å²) in [5.41, 5.74) is -2.13. The van der Waals surface area contributed by atoms with Crippen LogP contribution in [0.15, 0.2) is 23.2 Å². The largest absolute Gasteiger partial charge is 0.416 e. The van der Waals surface area contributed by atoms with Crippen LogP contribution >= 0.6 is 0 Å². The lowest BCUT2D eigenvalue weighted by Gasteiger charge is -2.28. The van der Waals surface area contributed by atoms with Gasteiger partial charge in [-0.3, -0.25) is 9.79 Å². The average molecular weight is 315 g/mol. The Bertz CT molecular complexity index is 648. The quantitative estimate of drug-likeness (QED) is 0.777. The maximum atomic E-state index is 13.5. The number of alkyl halides is 3. The lowest BCUT2D eigenvalue weighted by atomic mass is 9.89. The number of carbonyl (C=O) groups excluding carboxylic acids is 1. The number of hydrogen-bond donors (Lipinski definition) is 2. The minimum Gasteiger partial charge on any atom is -0.317 e. The predicted octanol–water partition coefficient (Wildman–Crippen LogP) is 1.84. The number of carbonyl (C=O) groups is 1. The second-order valence-corrected chi connectivity index (χ2v) is 5.42. The van der Waals surface area contributed by atoms with E-state index in [0.717, 1.165) is 12.1 Å². The third kappa shape index (κ3) is 2.58. The SMILES string of the molecule is O=C1NC(c2cc(F)cc(C(F)(F)F)c2)=NC12CCNCC2. The van der Waals surface area contributed by atoms with Crippen LogP contribution in [0.1, 0.15) is 24.0 Å². The first-order valence-electron chi connectivity index (χ1n) is 6.80. The van der Waals surface area contributed by atoms with Gasteiger partial charge in [-0.05, 0) is 44.1 Å². The van der Waals surface area contributed by atoms with E-state index in [0.29, 0.717) is 32.0 Å². The Morgan fingerprint density at radius 2 is 1.82 bits per heavy atom. The Balaban J connectivity index is 2.00. The van der Waals surface area contributed by atoms with E-state index in [1.807, 2.05) is 0 Å². The van der Waals surface area contributed by atoms with Gasteiger partial charge in [-0.1, -0.05) is 0 Å². The first kappa shape index (κ1) is 15.0. The van der Waals surface area contributed by atoms with E-state index in [2.05, 4.69) is 15.6 Å². The molecule has 0 saturated carbocycles. The van der Waals surface area contributed by atoms with E-state index < -0.39 is 23.1 Å². The summed E-state index contributed by atoms with van der Waals surface area (Å²) < 4.78 is 51.7. The molecule has 1 amide bonds. The fourth-order valence-electron chi connectivity index (χ4n) is 2.72. The molecule has 0 aliphatic carbocycles. The van der Waals surface area contributed by atoms with Crippen LogP contribution in [0.2, 0.25) is 0 Å². The summed E-state index contributed by atoms with van der Waals surface area (Å²) in [5, 5.41) is 5.58. The molecule has 0 atom stereocenters. The minimum absolute atomic E-state index is 0.00287. The molecular weight excluding hydrogens is 302 g/mol. The molecule has 1 saturated heterocycles. The molecule has 22 heavy (non-hydrogen) atoms. The molecule has 1 aromatic carbocycles. The van der Waals surface area contributed by atoms with Crippen molar-refractivity contribution in [2.75, 3.05) is 13.1 Å². The molecule has 3 rings (SSSR count). The van der Waals surface area contributed by atoms with Crippen LogP contribution in [0.25, 0.3) is 0 Å². The van der Waals surface area contributed by atoms with Crippen molar-refractivity contribution in [1.29, 1.82) is 0 Å². The predicted molar refractivity (Wildman–Crippen MR) is 70.9 cm³/mol. The molecule has 1 spiro atoms. The zero-order valence-electron chi connectivity index (χ0n) is 11.4. The maximum Gasteiger partial charge on any atom is 0.416 e. The number of benzene rings is 1. The lowest BCUT2D eigenvalue weighted by molar-refractivity contribution is -0.137. The first-order valence-corrected chi connectivity index (χ1v) is 6.80. The normalized spacial score (nSPS) is 20.9. The minimum atomic E-state index is -4.66. The number of nitrogens with zero attached hydrogens (tertiary/aromatic N) is 1. The summed E-state index contributed by atoms with van der Waals surface area (Å²) in [7, 11) is 0. The topological polar surface area (TPSA) is 53.5 Å². The van der Waals surface area contributed by atoms with Crippen molar-refractivity contribution in [3.05, 3.63) is 35.1 Å². The zero-order valence-corrected chi connectivity index (χ0v) is 11.4. The van der Waals surface area contributed by atoms with Crippen molar-refractivity contribution >= 4 is 11.7 Å². The molecule has 2 aliphatic rings. The summed E-state index contributed by atoms with van der Waals surface area (Å²) in [6.07, 6.45) is -3.74. The van der Waals surface area contributed by atoms with Gasteiger partial charge in [0, 0.05) is 5.56 Å². The van der Waals surface area contributed by atoms with Gasteiger partial charge in [0.2, 0.25) is 0 Å². The summed E-state index contributed by atoms with van der Waals surface area (Å²) in [4.78, 5) is 16.4. The maximum absolute atomic E-state index is 13.5. The number of aliphatic imine (C=N–C) groups is 1. The van der Waals surface area contributed by atoms with E-state index in [-0.39, 0.29) is 17.3 Å². The monoisotopic (exact) mass is 315 g/mol. The van der Waals surface area contributed by atoms with E-state index in [4.69, 9.17) is 0 Å². The third-order valence-corrected chi connectivity index (χ3v) is 3.91. The Morgan fingerprint density at radius 1 is 1.14 bits per heavy atom. The average Bonchev–Trinajstić information content (AvgIpc) is 2.75. The molecule has 1 aromatic rings. The van der Waals surface area contributed by atoms with Crippen LogP contribution in [-0.4, -0.2) is 30.4 Å². The van der Waals surface area contributed by atoms with Crippen molar-refractivity contribution in [3.63, 3.8) is 0 Å². The molecule has 2 N–H and O–H groups in total. The van der Waals surface area contributed by atoms with E-state index >= 15 is 0 Å². The van der Waals surface area contributed by atoms with Crippen LogP contribution in [0.4, 0.5) is 17.6 Å². The highest BCUT2D eigenvalue weighted by molar-refractivity contribution is 6.15. The Morgan fingerprint density at radius 3 is 2.45 bits per heavy atom. The van der Waals surface area contributed by atoms with Crippen LogP contribution < -0.4 is 10.6 Å². The van der Waals surface area contributed by atoms with Crippen molar-refractivity contribution < 1.29 is 22.4 Å². The van der Waals surface area contributed by atoms with E-state index in [9.17, 15) is 22.4 Å². The fraction of sp³-hybridized carbons (Fsp3) is 0.429. The van der Waals surface area contributed by atoms with E-state index in [1.54, 1.807) is 0 Å². The molecule has 0 unspecified atom stereocenters. The number of hydrogen-bond acceptors (Lipinski definition) is 3. The van der Waals surface area contributed by atoms with Gasteiger partial charge in [-0.2, -0.15) is 13.2 Å². The second kappa shape index (κ2) is 5.05. The molecule has 0 radical (unpaired) electrons. The number of halogens is 4. The molecule has 2 heterocycles. The Kier molecular flexibility index (Phi) is 3.43. The molecule has 4 nitrogen and oxygen atoms in total.